The average Bonchev–Trinajstić information content (AvgIpc) is 3.09. The van der Waals surface area contributed by atoms with Gasteiger partial charge in [0, 0.05) is 6.42 Å². The minimum absolute atomic E-state index is 0.0283. The molecule has 0 amide bonds. The third kappa shape index (κ3) is 2.35. The van der Waals surface area contributed by atoms with Crippen LogP contribution in [0, 0.1) is 10.1 Å². The van der Waals surface area contributed by atoms with Crippen LogP contribution in [0.15, 0.2) is 6.07 Å². The summed E-state index contributed by atoms with van der Waals surface area (Å²) < 4.78 is 16.6. The van der Waals surface area contributed by atoms with Crippen molar-refractivity contribution >= 4 is 17.6 Å². The summed E-state index contributed by atoms with van der Waals surface area (Å²) in [5, 5.41) is 14.7. The van der Waals surface area contributed by atoms with E-state index < -0.39 is 35.1 Å². The van der Waals surface area contributed by atoms with Crippen molar-refractivity contribution in [2.45, 2.75) is 31.8 Å². The highest BCUT2D eigenvalue weighted by Crippen LogP contribution is 2.34. The SMILES string of the molecule is CCOC(=O)c1cc([N+](=O)[O-])nn1C1CC(=O)[C@@H]2OC[C@H]1O2. The molecule has 2 bridgehead atoms. The van der Waals surface area contributed by atoms with Gasteiger partial charge in [0.05, 0.1) is 24.4 Å². The van der Waals surface area contributed by atoms with Gasteiger partial charge in [-0.05, 0) is 11.8 Å². The highest BCUT2D eigenvalue weighted by Gasteiger charge is 2.47. The Bertz CT molecular complexity index is 641. The molecule has 3 atom stereocenters. The maximum atomic E-state index is 12.0. The molecule has 2 fully saturated rings. The largest absolute Gasteiger partial charge is 0.461 e. The van der Waals surface area contributed by atoms with Crippen molar-refractivity contribution in [3.05, 3.63) is 21.9 Å². The second-order valence-electron chi connectivity index (χ2n) is 4.89. The van der Waals surface area contributed by atoms with Crippen LogP contribution >= 0.6 is 0 Å². The number of hydrogen-bond donors (Lipinski definition) is 0. The molecule has 2 aliphatic rings. The molecule has 3 heterocycles. The molecule has 0 aliphatic carbocycles. The molecular formula is C12H13N3O7. The van der Waals surface area contributed by atoms with Crippen LogP contribution in [0.4, 0.5) is 5.82 Å². The average molecular weight is 311 g/mol. The van der Waals surface area contributed by atoms with Gasteiger partial charge >= 0.3 is 11.8 Å². The molecular weight excluding hydrogens is 298 g/mol. The third-order valence-corrected chi connectivity index (χ3v) is 3.52. The van der Waals surface area contributed by atoms with E-state index >= 15 is 0 Å². The Morgan fingerprint density at radius 1 is 1.64 bits per heavy atom. The number of hydrogen-bond acceptors (Lipinski definition) is 8. The zero-order valence-corrected chi connectivity index (χ0v) is 11.6. The molecule has 3 rings (SSSR count). The number of carbonyl (C=O) groups excluding carboxylic acids is 2. The highest BCUT2D eigenvalue weighted by molar-refractivity contribution is 5.88. The van der Waals surface area contributed by atoms with E-state index in [9.17, 15) is 19.7 Å². The van der Waals surface area contributed by atoms with E-state index in [-0.39, 0.29) is 31.1 Å². The summed E-state index contributed by atoms with van der Waals surface area (Å²) >= 11 is 0. The smallest absolute Gasteiger partial charge is 0.390 e. The number of aromatic nitrogens is 2. The Labute approximate surface area is 124 Å². The standard InChI is InChI=1S/C12H13N3O7/c1-2-20-11(17)7-4-10(15(18)19)13-14(7)6-3-8(16)12-21-5-9(6)22-12/h4,6,9,12H,2-3,5H2,1H3/t6?,9-,12-/m1/s1. The van der Waals surface area contributed by atoms with Gasteiger partial charge in [0.15, 0.2) is 11.5 Å². The molecule has 0 aromatic carbocycles. The van der Waals surface area contributed by atoms with Crippen molar-refractivity contribution in [1.82, 2.24) is 9.78 Å². The van der Waals surface area contributed by atoms with E-state index in [0.717, 1.165) is 10.7 Å². The molecule has 22 heavy (non-hydrogen) atoms. The van der Waals surface area contributed by atoms with Gasteiger partial charge in [0.2, 0.25) is 6.29 Å². The fraction of sp³-hybridized carbons (Fsp3) is 0.583. The summed E-state index contributed by atoms with van der Waals surface area (Å²) in [4.78, 5) is 34.0. The van der Waals surface area contributed by atoms with E-state index in [4.69, 9.17) is 14.2 Å². The summed E-state index contributed by atoms with van der Waals surface area (Å²) in [5.41, 5.74) is -0.0831. The number of fused-ring (bicyclic) bond motifs is 2. The van der Waals surface area contributed by atoms with Crippen LogP contribution in [0.3, 0.4) is 0 Å². The quantitative estimate of drug-likeness (QED) is 0.439. The summed E-state index contributed by atoms with van der Waals surface area (Å²) in [7, 11) is 0. The molecule has 1 aromatic heterocycles. The number of nitrogens with zero attached hydrogens (tertiary/aromatic N) is 3. The van der Waals surface area contributed by atoms with Crippen LogP contribution in [0.25, 0.3) is 0 Å². The number of Topliss-reactive ketones (excluding diaryl/α,β-unsaturated/α-hetero) is 1. The van der Waals surface area contributed by atoms with Crippen molar-refractivity contribution in [2.75, 3.05) is 13.2 Å². The van der Waals surface area contributed by atoms with Gasteiger partial charge in [0.1, 0.15) is 12.1 Å². The lowest BCUT2D eigenvalue weighted by atomic mass is 10.0. The summed E-state index contributed by atoms with van der Waals surface area (Å²) in [5.74, 6) is -1.51. The topological polar surface area (TPSA) is 123 Å². The Morgan fingerprint density at radius 2 is 2.41 bits per heavy atom. The van der Waals surface area contributed by atoms with Gasteiger partial charge in [0.25, 0.3) is 0 Å². The number of carbonyl (C=O) groups is 2. The minimum Gasteiger partial charge on any atom is -0.461 e. The Balaban J connectivity index is 1.99. The van der Waals surface area contributed by atoms with E-state index in [1.807, 2.05) is 0 Å². The van der Waals surface area contributed by atoms with Crippen molar-refractivity contribution < 1.29 is 28.7 Å². The van der Waals surface area contributed by atoms with Gasteiger partial charge < -0.3 is 24.3 Å². The highest BCUT2D eigenvalue weighted by atomic mass is 16.7. The fourth-order valence-electron chi connectivity index (χ4n) is 2.55. The molecule has 0 spiro atoms. The number of ketones is 1. The van der Waals surface area contributed by atoms with E-state index in [1.165, 1.54) is 0 Å². The zero-order valence-electron chi connectivity index (χ0n) is 11.6. The first-order valence-electron chi connectivity index (χ1n) is 6.72. The van der Waals surface area contributed by atoms with Crippen LogP contribution in [-0.4, -0.2) is 52.1 Å². The van der Waals surface area contributed by atoms with Gasteiger partial charge in [-0.3, -0.25) is 4.79 Å². The molecule has 0 saturated carbocycles. The van der Waals surface area contributed by atoms with E-state index in [0.29, 0.717) is 0 Å². The first-order valence-corrected chi connectivity index (χ1v) is 6.72. The molecule has 2 aliphatic heterocycles. The summed E-state index contributed by atoms with van der Waals surface area (Å²) in [6, 6.07) is 0.393. The van der Waals surface area contributed by atoms with Crippen molar-refractivity contribution in [1.29, 1.82) is 0 Å². The lowest BCUT2D eigenvalue weighted by molar-refractivity contribution is -0.389. The lowest BCUT2D eigenvalue weighted by Gasteiger charge is -2.25. The monoisotopic (exact) mass is 311 g/mol. The van der Waals surface area contributed by atoms with Gasteiger partial charge in [-0.2, -0.15) is 4.68 Å². The van der Waals surface area contributed by atoms with Crippen LogP contribution in [0.1, 0.15) is 29.9 Å². The van der Waals surface area contributed by atoms with E-state index in [2.05, 4.69) is 5.10 Å². The molecule has 0 N–H and O–H groups in total. The molecule has 2 saturated heterocycles. The number of nitro groups is 1. The first kappa shape index (κ1) is 14.6. The fourth-order valence-corrected chi connectivity index (χ4v) is 2.55. The Morgan fingerprint density at radius 3 is 3.09 bits per heavy atom. The maximum Gasteiger partial charge on any atom is 0.390 e. The molecule has 1 unspecified atom stereocenters. The van der Waals surface area contributed by atoms with E-state index in [1.54, 1.807) is 6.92 Å². The van der Waals surface area contributed by atoms with Gasteiger partial charge in [-0.15, -0.1) is 0 Å². The predicted octanol–water partition coefficient (Wildman–Crippen LogP) is 0.223. The summed E-state index contributed by atoms with van der Waals surface area (Å²) in [6.07, 6.45) is -1.35. The first-order chi connectivity index (χ1) is 10.5. The predicted molar refractivity (Wildman–Crippen MR) is 68.1 cm³/mol. The second kappa shape index (κ2) is 5.46. The lowest BCUT2D eigenvalue weighted by Crippen LogP contribution is -2.38. The van der Waals surface area contributed by atoms with Crippen LogP contribution in [0.5, 0.6) is 0 Å². The van der Waals surface area contributed by atoms with Crippen molar-refractivity contribution in [3.8, 4) is 0 Å². The van der Waals surface area contributed by atoms with Crippen LogP contribution in [0.2, 0.25) is 0 Å². The maximum absolute atomic E-state index is 12.0. The number of rotatable bonds is 4. The number of esters is 1. The Kier molecular flexibility index (Phi) is 3.62. The van der Waals surface area contributed by atoms with Gasteiger partial charge in [-0.1, -0.05) is 0 Å². The minimum atomic E-state index is -0.891. The van der Waals surface area contributed by atoms with Crippen molar-refractivity contribution in [3.63, 3.8) is 0 Å². The van der Waals surface area contributed by atoms with Crippen LogP contribution in [-0.2, 0) is 19.0 Å². The molecule has 10 nitrogen and oxygen atoms in total. The second-order valence-corrected chi connectivity index (χ2v) is 4.89. The Hall–Kier alpha value is -2.33. The number of ether oxygens (including phenoxy) is 3. The van der Waals surface area contributed by atoms with Gasteiger partial charge in [-0.25, -0.2) is 4.79 Å². The normalized spacial score (nSPS) is 27.0. The zero-order chi connectivity index (χ0) is 15.9. The molecule has 118 valence electrons. The summed E-state index contributed by atoms with van der Waals surface area (Å²) in [6.45, 7) is 1.90. The van der Waals surface area contributed by atoms with Crippen molar-refractivity contribution in [2.24, 2.45) is 0 Å². The van der Waals surface area contributed by atoms with Crippen LogP contribution < -0.4 is 0 Å². The third-order valence-electron chi connectivity index (χ3n) is 3.52. The molecule has 0 radical (unpaired) electrons. The molecule has 10 heteroatoms. The molecule has 1 aromatic rings.